The number of aromatic nitrogens is 2. The van der Waals surface area contributed by atoms with Gasteiger partial charge in [-0.05, 0) is 12.8 Å². The van der Waals surface area contributed by atoms with Crippen LogP contribution in [0, 0.1) is 5.92 Å². The second-order valence-corrected chi connectivity index (χ2v) is 4.37. The normalized spacial score (nSPS) is 17.1. The number of carbonyl (C=O) groups is 1. The van der Waals surface area contributed by atoms with Crippen molar-refractivity contribution >= 4 is 29.2 Å². The minimum Gasteiger partial charge on any atom is -0.481 e. The fourth-order valence-corrected chi connectivity index (χ4v) is 2.15. The standard InChI is InChI=1S/C10H13ClN4O2/c11-7-8(12)13-5-14-9(7)15-3-1-6(2-4-15)10(16)17/h5-6H,1-4H2,(H,16,17)(H2,12,13,14). The van der Waals surface area contributed by atoms with Gasteiger partial charge >= 0.3 is 5.97 Å². The molecule has 0 spiro atoms. The summed E-state index contributed by atoms with van der Waals surface area (Å²) in [7, 11) is 0. The lowest BCUT2D eigenvalue weighted by molar-refractivity contribution is -0.142. The van der Waals surface area contributed by atoms with Crippen LogP contribution in [0.3, 0.4) is 0 Å². The van der Waals surface area contributed by atoms with Crippen molar-refractivity contribution in [3.63, 3.8) is 0 Å². The molecule has 0 radical (unpaired) electrons. The molecule has 3 N–H and O–H groups in total. The first-order valence-corrected chi connectivity index (χ1v) is 5.71. The smallest absolute Gasteiger partial charge is 0.306 e. The molecule has 0 unspecified atom stereocenters. The SMILES string of the molecule is Nc1ncnc(N2CCC(C(=O)O)CC2)c1Cl. The quantitative estimate of drug-likeness (QED) is 0.821. The summed E-state index contributed by atoms with van der Waals surface area (Å²) < 4.78 is 0. The molecule has 0 aliphatic carbocycles. The van der Waals surface area contributed by atoms with Crippen LogP contribution in [0.5, 0.6) is 0 Å². The number of nitrogen functional groups attached to an aromatic ring is 1. The molecule has 2 rings (SSSR count). The van der Waals surface area contributed by atoms with Crippen LogP contribution in [0.2, 0.25) is 5.02 Å². The highest BCUT2D eigenvalue weighted by atomic mass is 35.5. The predicted octanol–water partition coefficient (Wildman–Crippen LogP) is 1.01. The number of hydrogen-bond donors (Lipinski definition) is 2. The molecule has 1 aliphatic heterocycles. The molecule has 17 heavy (non-hydrogen) atoms. The van der Waals surface area contributed by atoms with Crippen LogP contribution in [0.25, 0.3) is 0 Å². The molecule has 1 aliphatic rings. The van der Waals surface area contributed by atoms with E-state index in [9.17, 15) is 4.79 Å². The number of carboxylic acid groups (broad SMARTS) is 1. The molecule has 0 atom stereocenters. The summed E-state index contributed by atoms with van der Waals surface area (Å²) in [5.41, 5.74) is 5.60. The van der Waals surface area contributed by atoms with E-state index < -0.39 is 5.97 Å². The third-order valence-electron chi connectivity index (χ3n) is 2.94. The van der Waals surface area contributed by atoms with Crippen molar-refractivity contribution < 1.29 is 9.90 Å². The van der Waals surface area contributed by atoms with E-state index in [0.29, 0.717) is 36.8 Å². The maximum Gasteiger partial charge on any atom is 0.306 e. The number of aliphatic carboxylic acids is 1. The molecule has 0 saturated carbocycles. The summed E-state index contributed by atoms with van der Waals surface area (Å²) in [6.45, 7) is 1.24. The molecule has 0 aromatic carbocycles. The first-order valence-electron chi connectivity index (χ1n) is 5.33. The highest BCUT2D eigenvalue weighted by molar-refractivity contribution is 6.35. The molecular formula is C10H13ClN4O2. The lowest BCUT2D eigenvalue weighted by Gasteiger charge is -2.31. The molecule has 1 fully saturated rings. The molecule has 92 valence electrons. The zero-order valence-corrected chi connectivity index (χ0v) is 9.89. The van der Waals surface area contributed by atoms with Crippen molar-refractivity contribution in [2.75, 3.05) is 23.7 Å². The fraction of sp³-hybridized carbons (Fsp3) is 0.500. The van der Waals surface area contributed by atoms with Gasteiger partial charge in [0, 0.05) is 13.1 Å². The summed E-state index contributed by atoms with van der Waals surface area (Å²) in [5.74, 6) is -0.179. The van der Waals surface area contributed by atoms with Crippen molar-refractivity contribution in [2.24, 2.45) is 5.92 Å². The fourth-order valence-electron chi connectivity index (χ4n) is 1.93. The van der Waals surface area contributed by atoms with Crippen LogP contribution in [0.4, 0.5) is 11.6 Å². The van der Waals surface area contributed by atoms with Gasteiger partial charge in [0.2, 0.25) is 0 Å². The van der Waals surface area contributed by atoms with Crippen LogP contribution in [-0.4, -0.2) is 34.1 Å². The maximum absolute atomic E-state index is 10.8. The van der Waals surface area contributed by atoms with Crippen LogP contribution < -0.4 is 10.6 Å². The van der Waals surface area contributed by atoms with Gasteiger partial charge in [0.1, 0.15) is 17.2 Å². The Bertz CT molecular complexity index is 432. The summed E-state index contributed by atoms with van der Waals surface area (Å²) in [4.78, 5) is 20.7. The van der Waals surface area contributed by atoms with Gasteiger partial charge in [0.15, 0.2) is 5.82 Å². The average molecular weight is 257 g/mol. The Kier molecular flexibility index (Phi) is 3.33. The molecular weight excluding hydrogens is 244 g/mol. The first-order chi connectivity index (χ1) is 8.09. The minimum absolute atomic E-state index is 0.247. The van der Waals surface area contributed by atoms with Crippen molar-refractivity contribution in [3.8, 4) is 0 Å². The first kappa shape index (κ1) is 11.9. The lowest BCUT2D eigenvalue weighted by Crippen LogP contribution is -2.37. The lowest BCUT2D eigenvalue weighted by atomic mass is 9.97. The van der Waals surface area contributed by atoms with Crippen molar-refractivity contribution in [1.82, 2.24) is 9.97 Å². The van der Waals surface area contributed by atoms with Gasteiger partial charge in [-0.15, -0.1) is 0 Å². The van der Waals surface area contributed by atoms with Gasteiger partial charge in [-0.3, -0.25) is 4.79 Å². The van der Waals surface area contributed by atoms with E-state index in [-0.39, 0.29) is 11.7 Å². The van der Waals surface area contributed by atoms with Gasteiger partial charge < -0.3 is 15.7 Å². The summed E-state index contributed by atoms with van der Waals surface area (Å²) >= 11 is 6.02. The number of piperidine rings is 1. The van der Waals surface area contributed by atoms with E-state index in [1.54, 1.807) is 0 Å². The van der Waals surface area contributed by atoms with Crippen molar-refractivity contribution in [2.45, 2.75) is 12.8 Å². The average Bonchev–Trinajstić information content (AvgIpc) is 2.33. The number of hydrogen-bond acceptors (Lipinski definition) is 5. The predicted molar refractivity (Wildman–Crippen MR) is 64.0 cm³/mol. The van der Waals surface area contributed by atoms with E-state index in [1.807, 2.05) is 4.90 Å². The molecule has 7 heteroatoms. The van der Waals surface area contributed by atoms with Gasteiger partial charge in [-0.25, -0.2) is 9.97 Å². The summed E-state index contributed by atoms with van der Waals surface area (Å²) in [6, 6.07) is 0. The van der Waals surface area contributed by atoms with Crippen molar-refractivity contribution in [3.05, 3.63) is 11.3 Å². The largest absolute Gasteiger partial charge is 0.481 e. The second-order valence-electron chi connectivity index (χ2n) is 4.00. The molecule has 1 saturated heterocycles. The van der Waals surface area contributed by atoms with Crippen LogP contribution in [-0.2, 0) is 4.79 Å². The molecule has 0 amide bonds. The zero-order chi connectivity index (χ0) is 12.4. The zero-order valence-electron chi connectivity index (χ0n) is 9.14. The Morgan fingerprint density at radius 3 is 2.71 bits per heavy atom. The summed E-state index contributed by atoms with van der Waals surface area (Å²) in [6.07, 6.45) is 2.55. The van der Waals surface area contributed by atoms with Gasteiger partial charge in [-0.2, -0.15) is 0 Å². The minimum atomic E-state index is -0.738. The van der Waals surface area contributed by atoms with Crippen molar-refractivity contribution in [1.29, 1.82) is 0 Å². The maximum atomic E-state index is 10.8. The van der Waals surface area contributed by atoms with Gasteiger partial charge in [-0.1, -0.05) is 11.6 Å². The Morgan fingerprint density at radius 2 is 2.12 bits per heavy atom. The monoisotopic (exact) mass is 256 g/mol. The van der Waals surface area contributed by atoms with E-state index in [4.69, 9.17) is 22.4 Å². The van der Waals surface area contributed by atoms with E-state index in [1.165, 1.54) is 6.33 Å². The summed E-state index contributed by atoms with van der Waals surface area (Å²) in [5, 5.41) is 9.24. The van der Waals surface area contributed by atoms with Gasteiger partial charge in [0.25, 0.3) is 0 Å². The molecule has 1 aromatic rings. The second kappa shape index (κ2) is 4.75. The highest BCUT2D eigenvalue weighted by Gasteiger charge is 2.26. The van der Waals surface area contributed by atoms with E-state index >= 15 is 0 Å². The number of halogens is 1. The Labute approximate surface area is 103 Å². The Morgan fingerprint density at radius 1 is 1.47 bits per heavy atom. The van der Waals surface area contributed by atoms with E-state index in [0.717, 1.165) is 0 Å². The number of anilines is 2. The molecule has 6 nitrogen and oxygen atoms in total. The van der Waals surface area contributed by atoms with Gasteiger partial charge in [0.05, 0.1) is 5.92 Å². The highest BCUT2D eigenvalue weighted by Crippen LogP contribution is 2.30. The Balaban J connectivity index is 2.10. The molecule has 0 bridgehead atoms. The molecule has 1 aromatic heterocycles. The van der Waals surface area contributed by atoms with E-state index in [2.05, 4.69) is 9.97 Å². The Hall–Kier alpha value is -1.56. The number of carboxylic acids is 1. The van der Waals surface area contributed by atoms with Crippen LogP contribution in [0.1, 0.15) is 12.8 Å². The number of nitrogens with two attached hydrogens (primary N) is 1. The number of nitrogens with zero attached hydrogens (tertiary/aromatic N) is 3. The third-order valence-corrected chi connectivity index (χ3v) is 3.30. The third kappa shape index (κ3) is 2.41. The topological polar surface area (TPSA) is 92.3 Å². The van der Waals surface area contributed by atoms with Crippen LogP contribution in [0.15, 0.2) is 6.33 Å². The van der Waals surface area contributed by atoms with Crippen LogP contribution >= 0.6 is 11.6 Å². The molecule has 2 heterocycles. The number of rotatable bonds is 2.